The van der Waals surface area contributed by atoms with Crippen LogP contribution in [-0.4, -0.2) is 23.0 Å². The summed E-state index contributed by atoms with van der Waals surface area (Å²) in [5, 5.41) is 14.5. The molecule has 25 heavy (non-hydrogen) atoms. The maximum Gasteiger partial charge on any atom is 0.332 e. The van der Waals surface area contributed by atoms with Crippen molar-refractivity contribution in [1.29, 1.82) is 0 Å². The minimum Gasteiger partial charge on any atom is -0.393 e. The van der Waals surface area contributed by atoms with Gasteiger partial charge in [0, 0.05) is 11.1 Å². The summed E-state index contributed by atoms with van der Waals surface area (Å²) in [6.45, 7) is 4.88. The zero-order valence-electron chi connectivity index (χ0n) is 15.6. The second kappa shape index (κ2) is 5.97. The summed E-state index contributed by atoms with van der Waals surface area (Å²) < 4.78 is 0. The minimum atomic E-state index is -0.568. The van der Waals surface area contributed by atoms with Crippen molar-refractivity contribution in [2.45, 2.75) is 77.7 Å². The van der Waals surface area contributed by atoms with Crippen LogP contribution in [0.3, 0.4) is 0 Å². The fourth-order valence-electron chi connectivity index (χ4n) is 7.33. The van der Waals surface area contributed by atoms with Gasteiger partial charge in [-0.3, -0.25) is 0 Å². The molecule has 7 atom stereocenters. The molecule has 5 nitrogen and oxygen atoms in total. The number of carbonyl (C=O) groups excluding carboxylic acids is 1. The number of aliphatic hydroxyl groups excluding tert-OH is 1. The van der Waals surface area contributed by atoms with Crippen molar-refractivity contribution >= 4 is 11.7 Å². The Morgan fingerprint density at radius 2 is 1.96 bits per heavy atom. The van der Waals surface area contributed by atoms with Crippen LogP contribution < -0.4 is 11.2 Å². The number of hydrazone groups is 1. The van der Waals surface area contributed by atoms with Crippen LogP contribution in [0.1, 0.15) is 71.6 Å². The number of primary amides is 1. The summed E-state index contributed by atoms with van der Waals surface area (Å²) in [6.07, 6.45) is 10.3. The molecule has 4 N–H and O–H groups in total. The fourth-order valence-corrected chi connectivity index (χ4v) is 7.33. The number of nitrogens with zero attached hydrogens (tertiary/aromatic N) is 1. The Morgan fingerprint density at radius 1 is 1.16 bits per heavy atom. The van der Waals surface area contributed by atoms with E-state index < -0.39 is 6.03 Å². The number of urea groups is 1. The minimum absolute atomic E-state index is 0.0754. The Bertz CT molecular complexity index is 591. The van der Waals surface area contributed by atoms with Crippen LogP contribution in [0.15, 0.2) is 5.10 Å². The van der Waals surface area contributed by atoms with Gasteiger partial charge in [0.2, 0.25) is 0 Å². The molecule has 0 saturated heterocycles. The van der Waals surface area contributed by atoms with E-state index in [1.54, 1.807) is 0 Å². The molecule has 4 aliphatic carbocycles. The van der Waals surface area contributed by atoms with Gasteiger partial charge < -0.3 is 10.8 Å². The van der Waals surface area contributed by atoms with Crippen LogP contribution in [0.2, 0.25) is 0 Å². The molecule has 0 aromatic heterocycles. The molecular weight excluding hydrogens is 314 g/mol. The number of fused-ring (bicyclic) bond motifs is 5. The molecule has 0 aliphatic heterocycles. The van der Waals surface area contributed by atoms with Gasteiger partial charge in [0.1, 0.15) is 0 Å². The van der Waals surface area contributed by atoms with Crippen molar-refractivity contribution in [2.24, 2.45) is 45.3 Å². The number of rotatable bonds is 1. The second-order valence-electron chi connectivity index (χ2n) is 9.61. The van der Waals surface area contributed by atoms with Gasteiger partial charge in [0.15, 0.2) is 0 Å². The summed E-state index contributed by atoms with van der Waals surface area (Å²) in [5.41, 5.74) is 9.38. The van der Waals surface area contributed by atoms with E-state index in [0.717, 1.165) is 36.8 Å². The number of amides is 2. The van der Waals surface area contributed by atoms with E-state index in [9.17, 15) is 9.90 Å². The topological polar surface area (TPSA) is 87.7 Å². The van der Waals surface area contributed by atoms with E-state index in [4.69, 9.17) is 5.73 Å². The van der Waals surface area contributed by atoms with Crippen molar-refractivity contribution in [2.75, 3.05) is 0 Å². The lowest BCUT2D eigenvalue weighted by Crippen LogP contribution is -2.54. The van der Waals surface area contributed by atoms with Gasteiger partial charge in [-0.15, -0.1) is 0 Å². The summed E-state index contributed by atoms with van der Waals surface area (Å²) in [5.74, 6) is 2.95. The first-order valence-electron chi connectivity index (χ1n) is 10.1. The lowest BCUT2D eigenvalue weighted by molar-refractivity contribution is -0.113. The molecule has 140 valence electrons. The predicted octanol–water partition coefficient (Wildman–Crippen LogP) is 3.41. The van der Waals surface area contributed by atoms with Crippen LogP contribution >= 0.6 is 0 Å². The van der Waals surface area contributed by atoms with Crippen LogP contribution in [0.25, 0.3) is 0 Å². The first-order chi connectivity index (χ1) is 11.8. The number of carbonyl (C=O) groups is 1. The second-order valence-corrected chi connectivity index (χ2v) is 9.61. The molecule has 0 aromatic carbocycles. The molecule has 2 amide bonds. The van der Waals surface area contributed by atoms with E-state index in [-0.39, 0.29) is 11.5 Å². The van der Waals surface area contributed by atoms with Gasteiger partial charge in [-0.25, -0.2) is 10.2 Å². The number of hydrogen-bond acceptors (Lipinski definition) is 3. The Morgan fingerprint density at radius 3 is 2.72 bits per heavy atom. The molecule has 0 heterocycles. The average molecular weight is 348 g/mol. The SMILES string of the molecule is C[C@]12CC[C@H](O)C[C@@H]1CC[C@H]1[C@H]3CC/C(=N/NC(N)=O)[C@@]3(C)CC[C@@H]12. The van der Waals surface area contributed by atoms with E-state index >= 15 is 0 Å². The van der Waals surface area contributed by atoms with Crippen LogP contribution in [0, 0.1) is 34.5 Å². The van der Waals surface area contributed by atoms with Gasteiger partial charge in [0.05, 0.1) is 6.10 Å². The van der Waals surface area contributed by atoms with E-state index in [2.05, 4.69) is 24.4 Å². The Balaban J connectivity index is 1.58. The third kappa shape index (κ3) is 2.61. The number of nitrogens with one attached hydrogen (secondary N) is 1. The van der Waals surface area contributed by atoms with Gasteiger partial charge in [-0.2, -0.15) is 5.10 Å². The highest BCUT2D eigenvalue weighted by atomic mass is 16.3. The zero-order valence-corrected chi connectivity index (χ0v) is 15.6. The van der Waals surface area contributed by atoms with Crippen LogP contribution in [0.4, 0.5) is 4.79 Å². The number of aliphatic hydroxyl groups is 1. The third-order valence-electron chi connectivity index (χ3n) is 8.68. The van der Waals surface area contributed by atoms with Gasteiger partial charge in [-0.1, -0.05) is 13.8 Å². The molecule has 5 heteroatoms. The van der Waals surface area contributed by atoms with Crippen LogP contribution in [0.5, 0.6) is 0 Å². The lowest BCUT2D eigenvalue weighted by Gasteiger charge is -2.60. The van der Waals surface area contributed by atoms with E-state index in [1.807, 2.05) is 0 Å². The average Bonchev–Trinajstić information content (AvgIpc) is 2.90. The maximum atomic E-state index is 11.1. The van der Waals surface area contributed by atoms with Crippen molar-refractivity contribution in [3.63, 3.8) is 0 Å². The highest BCUT2D eigenvalue weighted by Gasteiger charge is 2.59. The van der Waals surface area contributed by atoms with Gasteiger partial charge in [0.25, 0.3) is 0 Å². The molecule has 4 fully saturated rings. The molecule has 0 bridgehead atoms. The number of hydrogen-bond donors (Lipinski definition) is 3. The monoisotopic (exact) mass is 347 g/mol. The Labute approximate surface area is 150 Å². The van der Waals surface area contributed by atoms with Gasteiger partial charge >= 0.3 is 6.03 Å². The largest absolute Gasteiger partial charge is 0.393 e. The Hall–Kier alpha value is -1.10. The van der Waals surface area contributed by atoms with Crippen molar-refractivity contribution < 1.29 is 9.90 Å². The third-order valence-corrected chi connectivity index (χ3v) is 8.68. The van der Waals surface area contributed by atoms with Crippen molar-refractivity contribution in [1.82, 2.24) is 5.43 Å². The zero-order chi connectivity index (χ0) is 17.8. The molecular formula is C20H33N3O2. The molecule has 0 spiro atoms. The standard InChI is InChI=1S/C20H33N3O2/c1-19-9-7-13(24)11-12(19)3-4-14-15-5-6-17(22-23-18(21)25)20(15,2)10-8-16(14)19/h12-16,24H,3-11H2,1-2H3,(H3,21,23,25)/b22-17-/t12-,13-,14-,15+,16-,19-,20-/m0/s1. The maximum absolute atomic E-state index is 11.1. The molecule has 4 rings (SSSR count). The van der Waals surface area contributed by atoms with Crippen LogP contribution in [-0.2, 0) is 0 Å². The number of nitrogens with two attached hydrogens (primary N) is 1. The Kier molecular flexibility index (Phi) is 4.13. The highest BCUT2D eigenvalue weighted by molar-refractivity contribution is 5.93. The first kappa shape index (κ1) is 17.3. The fraction of sp³-hybridized carbons (Fsp3) is 0.900. The quantitative estimate of drug-likeness (QED) is 0.635. The smallest absolute Gasteiger partial charge is 0.332 e. The molecule has 0 unspecified atom stereocenters. The molecule has 0 radical (unpaired) electrons. The summed E-state index contributed by atoms with van der Waals surface area (Å²) in [6, 6.07) is -0.568. The van der Waals surface area contributed by atoms with E-state index in [0.29, 0.717) is 17.3 Å². The lowest BCUT2D eigenvalue weighted by atomic mass is 9.45. The first-order valence-corrected chi connectivity index (χ1v) is 10.1. The van der Waals surface area contributed by atoms with Gasteiger partial charge in [-0.05, 0) is 86.9 Å². The van der Waals surface area contributed by atoms with Crippen molar-refractivity contribution in [3.8, 4) is 0 Å². The molecule has 4 saturated carbocycles. The highest BCUT2D eigenvalue weighted by Crippen LogP contribution is 2.65. The summed E-state index contributed by atoms with van der Waals surface area (Å²) in [4.78, 5) is 11.1. The molecule has 0 aromatic rings. The van der Waals surface area contributed by atoms with Crippen molar-refractivity contribution in [3.05, 3.63) is 0 Å². The summed E-state index contributed by atoms with van der Waals surface area (Å²) >= 11 is 0. The summed E-state index contributed by atoms with van der Waals surface area (Å²) in [7, 11) is 0. The van der Waals surface area contributed by atoms with E-state index in [1.165, 1.54) is 38.5 Å². The molecule has 4 aliphatic rings. The predicted molar refractivity (Wildman–Crippen MR) is 97.9 cm³/mol. The normalized spacial score (nSPS) is 50.7.